The van der Waals surface area contributed by atoms with Crippen molar-refractivity contribution in [2.75, 3.05) is 11.9 Å². The van der Waals surface area contributed by atoms with Crippen LogP contribution >= 0.6 is 31.9 Å². The molecule has 2 rings (SSSR count). The second-order valence-corrected chi connectivity index (χ2v) is 6.39. The highest BCUT2D eigenvalue weighted by molar-refractivity contribution is 9.10. The van der Waals surface area contributed by atoms with Gasteiger partial charge in [0.1, 0.15) is 11.6 Å². The van der Waals surface area contributed by atoms with Gasteiger partial charge in [-0.05, 0) is 49.4 Å². The van der Waals surface area contributed by atoms with Crippen molar-refractivity contribution >= 4 is 49.5 Å². The zero-order valence-corrected chi connectivity index (χ0v) is 15.4. The number of hydrogen-bond donors (Lipinski definition) is 1. The number of rotatable bonds is 5. The average molecular weight is 443 g/mol. The van der Waals surface area contributed by atoms with Crippen molar-refractivity contribution in [2.24, 2.45) is 0 Å². The Morgan fingerprint density at radius 2 is 1.91 bits per heavy atom. The summed E-state index contributed by atoms with van der Waals surface area (Å²) in [4.78, 5) is 11.9. The molecule has 3 nitrogen and oxygen atoms in total. The van der Waals surface area contributed by atoms with Crippen LogP contribution in [0.2, 0.25) is 0 Å². The minimum Gasteiger partial charge on any atom is -0.493 e. The van der Waals surface area contributed by atoms with Crippen LogP contribution in [0.4, 0.5) is 10.1 Å². The van der Waals surface area contributed by atoms with Crippen molar-refractivity contribution in [1.29, 1.82) is 0 Å². The van der Waals surface area contributed by atoms with Crippen LogP contribution in [0.1, 0.15) is 12.5 Å². The van der Waals surface area contributed by atoms with Gasteiger partial charge in [0.15, 0.2) is 0 Å². The first-order valence-electron chi connectivity index (χ1n) is 6.86. The van der Waals surface area contributed by atoms with Crippen molar-refractivity contribution < 1.29 is 13.9 Å². The molecule has 6 heteroatoms. The third kappa shape index (κ3) is 5.18. The van der Waals surface area contributed by atoms with Gasteiger partial charge >= 0.3 is 0 Å². The molecule has 0 fully saturated rings. The van der Waals surface area contributed by atoms with E-state index in [4.69, 9.17) is 4.74 Å². The van der Waals surface area contributed by atoms with Crippen LogP contribution in [0, 0.1) is 5.82 Å². The number of benzene rings is 2. The zero-order chi connectivity index (χ0) is 16.8. The van der Waals surface area contributed by atoms with Gasteiger partial charge in [-0.25, -0.2) is 4.39 Å². The fourth-order valence-electron chi connectivity index (χ4n) is 1.87. The molecule has 23 heavy (non-hydrogen) atoms. The Hall–Kier alpha value is -1.66. The molecule has 0 aliphatic carbocycles. The van der Waals surface area contributed by atoms with Gasteiger partial charge in [0.05, 0.1) is 12.3 Å². The van der Waals surface area contributed by atoms with E-state index in [1.54, 1.807) is 12.1 Å². The van der Waals surface area contributed by atoms with E-state index in [-0.39, 0.29) is 5.69 Å². The molecule has 120 valence electrons. The Morgan fingerprint density at radius 3 is 2.61 bits per heavy atom. The molecule has 0 radical (unpaired) electrons. The molecule has 0 heterocycles. The summed E-state index contributed by atoms with van der Waals surface area (Å²) in [6, 6.07) is 9.97. The number of carbonyl (C=O) groups is 1. The van der Waals surface area contributed by atoms with Crippen molar-refractivity contribution in [3.8, 4) is 5.75 Å². The third-order valence-corrected chi connectivity index (χ3v) is 3.86. The van der Waals surface area contributed by atoms with Crippen molar-refractivity contribution in [3.05, 3.63) is 62.8 Å². The molecule has 1 amide bonds. The van der Waals surface area contributed by atoms with Crippen molar-refractivity contribution in [3.63, 3.8) is 0 Å². The molecule has 0 aliphatic rings. The fourth-order valence-corrected chi connectivity index (χ4v) is 2.58. The summed E-state index contributed by atoms with van der Waals surface area (Å²) in [6.07, 6.45) is 2.97. The number of anilines is 1. The molecule has 0 aromatic heterocycles. The summed E-state index contributed by atoms with van der Waals surface area (Å²) in [5, 5.41) is 2.50. The van der Waals surface area contributed by atoms with Gasteiger partial charge in [-0.15, -0.1) is 0 Å². The third-order valence-electron chi connectivity index (χ3n) is 2.87. The van der Waals surface area contributed by atoms with E-state index in [0.29, 0.717) is 16.8 Å². The molecule has 0 atom stereocenters. The first kappa shape index (κ1) is 17.7. The summed E-state index contributed by atoms with van der Waals surface area (Å²) in [6.45, 7) is 2.41. The molecular formula is C17H14Br2FNO2. The summed E-state index contributed by atoms with van der Waals surface area (Å²) in [7, 11) is 0. The lowest BCUT2D eigenvalue weighted by Gasteiger charge is -2.08. The van der Waals surface area contributed by atoms with E-state index >= 15 is 0 Å². The Bertz CT molecular complexity index is 747. The zero-order valence-electron chi connectivity index (χ0n) is 12.3. The molecule has 0 saturated carbocycles. The SMILES string of the molecule is CCOc1ccc(Br)cc1/C=C/C(=O)Nc1ccc(Br)cc1F. The van der Waals surface area contributed by atoms with E-state index in [2.05, 4.69) is 37.2 Å². The van der Waals surface area contributed by atoms with Crippen LogP contribution in [0.3, 0.4) is 0 Å². The summed E-state index contributed by atoms with van der Waals surface area (Å²) in [5.41, 5.74) is 0.884. The normalized spacial score (nSPS) is 10.8. The predicted octanol–water partition coefficient (Wildman–Crippen LogP) is 5.40. The molecular weight excluding hydrogens is 429 g/mol. The van der Waals surface area contributed by atoms with E-state index in [1.165, 1.54) is 18.2 Å². The number of ether oxygens (including phenoxy) is 1. The van der Waals surface area contributed by atoms with Crippen LogP contribution < -0.4 is 10.1 Å². The Labute approximate surface area is 150 Å². The average Bonchev–Trinajstić information content (AvgIpc) is 2.50. The lowest BCUT2D eigenvalue weighted by atomic mass is 10.2. The van der Waals surface area contributed by atoms with Crippen molar-refractivity contribution in [1.82, 2.24) is 0 Å². The van der Waals surface area contributed by atoms with Gasteiger partial charge in [-0.1, -0.05) is 31.9 Å². The molecule has 0 bridgehead atoms. The Morgan fingerprint density at radius 1 is 1.22 bits per heavy atom. The first-order chi connectivity index (χ1) is 11.0. The first-order valence-corrected chi connectivity index (χ1v) is 8.44. The van der Waals surface area contributed by atoms with E-state index in [1.807, 2.05) is 25.1 Å². The van der Waals surface area contributed by atoms with Gasteiger partial charge in [-0.2, -0.15) is 0 Å². The number of carbonyl (C=O) groups excluding carboxylic acids is 1. The van der Waals surface area contributed by atoms with Crippen LogP contribution in [-0.2, 0) is 4.79 Å². The van der Waals surface area contributed by atoms with E-state index in [0.717, 1.165) is 10.0 Å². The highest BCUT2D eigenvalue weighted by atomic mass is 79.9. The molecule has 0 unspecified atom stereocenters. The number of nitrogens with one attached hydrogen (secondary N) is 1. The maximum atomic E-state index is 13.7. The standard InChI is InChI=1S/C17H14Br2FNO2/c1-2-23-16-7-5-12(18)9-11(16)3-8-17(22)21-15-6-4-13(19)10-14(15)20/h3-10H,2H2,1H3,(H,21,22)/b8-3+. The summed E-state index contributed by atoms with van der Waals surface area (Å²) < 4.78 is 20.7. The van der Waals surface area contributed by atoms with Crippen LogP contribution in [0.5, 0.6) is 5.75 Å². The quantitative estimate of drug-likeness (QED) is 0.629. The number of amides is 1. The van der Waals surface area contributed by atoms with Gasteiger partial charge in [0.2, 0.25) is 5.91 Å². The van der Waals surface area contributed by atoms with Gasteiger partial charge in [-0.3, -0.25) is 4.79 Å². The molecule has 2 aromatic carbocycles. The highest BCUT2D eigenvalue weighted by Crippen LogP contribution is 2.25. The van der Waals surface area contributed by atoms with Crippen LogP contribution in [0.25, 0.3) is 6.08 Å². The largest absolute Gasteiger partial charge is 0.493 e. The molecule has 1 N–H and O–H groups in total. The number of hydrogen-bond acceptors (Lipinski definition) is 2. The van der Waals surface area contributed by atoms with Crippen LogP contribution in [-0.4, -0.2) is 12.5 Å². The highest BCUT2D eigenvalue weighted by Gasteiger charge is 2.06. The maximum absolute atomic E-state index is 13.7. The Balaban J connectivity index is 2.13. The van der Waals surface area contributed by atoms with Gasteiger partial charge < -0.3 is 10.1 Å². The Kier molecular flexibility index (Phi) is 6.36. The molecule has 0 spiro atoms. The molecule has 2 aromatic rings. The second kappa shape index (κ2) is 8.26. The fraction of sp³-hybridized carbons (Fsp3) is 0.118. The molecule has 0 saturated heterocycles. The molecule has 0 aliphatic heterocycles. The van der Waals surface area contributed by atoms with Crippen LogP contribution in [0.15, 0.2) is 51.4 Å². The van der Waals surface area contributed by atoms with E-state index < -0.39 is 11.7 Å². The monoisotopic (exact) mass is 441 g/mol. The summed E-state index contributed by atoms with van der Waals surface area (Å²) >= 11 is 6.55. The smallest absolute Gasteiger partial charge is 0.248 e. The lowest BCUT2D eigenvalue weighted by molar-refractivity contribution is -0.111. The van der Waals surface area contributed by atoms with E-state index in [9.17, 15) is 9.18 Å². The topological polar surface area (TPSA) is 38.3 Å². The lowest BCUT2D eigenvalue weighted by Crippen LogP contribution is -2.09. The van der Waals surface area contributed by atoms with Gasteiger partial charge in [0, 0.05) is 20.6 Å². The predicted molar refractivity (Wildman–Crippen MR) is 97.1 cm³/mol. The second-order valence-electron chi connectivity index (χ2n) is 4.56. The minimum absolute atomic E-state index is 0.127. The maximum Gasteiger partial charge on any atom is 0.248 e. The number of halogens is 3. The minimum atomic E-state index is -0.501. The van der Waals surface area contributed by atoms with Crippen molar-refractivity contribution in [2.45, 2.75) is 6.92 Å². The van der Waals surface area contributed by atoms with Gasteiger partial charge in [0.25, 0.3) is 0 Å². The summed E-state index contributed by atoms with van der Waals surface area (Å²) in [5.74, 6) is -0.248.